The predicted molar refractivity (Wildman–Crippen MR) is 79.3 cm³/mol. The van der Waals surface area contributed by atoms with Crippen molar-refractivity contribution in [3.8, 4) is 11.4 Å². The van der Waals surface area contributed by atoms with E-state index in [0.717, 1.165) is 22.9 Å². The maximum absolute atomic E-state index is 4.51. The van der Waals surface area contributed by atoms with Crippen molar-refractivity contribution in [3.05, 3.63) is 54.2 Å². The Hall–Kier alpha value is -2.42. The van der Waals surface area contributed by atoms with Crippen molar-refractivity contribution < 1.29 is 0 Å². The van der Waals surface area contributed by atoms with Gasteiger partial charge in [-0.05, 0) is 23.8 Å². The van der Waals surface area contributed by atoms with Crippen molar-refractivity contribution >= 4 is 16.6 Å². The van der Waals surface area contributed by atoms with Crippen LogP contribution in [0.15, 0.2) is 48.5 Å². The van der Waals surface area contributed by atoms with Crippen LogP contribution in [-0.2, 0) is 0 Å². The average molecular weight is 249 g/mol. The fraction of sp³-hybridized carbons (Fsp3) is 0.125. The van der Waals surface area contributed by atoms with Crippen molar-refractivity contribution in [2.75, 3.05) is 12.4 Å². The molecule has 0 bridgehead atoms. The number of nitrogens with zero attached hydrogens (tertiary/aromatic N) is 2. The van der Waals surface area contributed by atoms with Crippen molar-refractivity contribution in [3.63, 3.8) is 0 Å². The summed E-state index contributed by atoms with van der Waals surface area (Å²) in [7, 11) is 1.87. The van der Waals surface area contributed by atoms with E-state index >= 15 is 0 Å². The van der Waals surface area contributed by atoms with Crippen LogP contribution in [0, 0.1) is 6.92 Å². The fourth-order valence-electron chi connectivity index (χ4n) is 2.15. The second kappa shape index (κ2) is 4.69. The molecule has 0 radical (unpaired) electrons. The number of aryl methyl sites for hydroxylation is 1. The minimum atomic E-state index is 0.759. The lowest BCUT2D eigenvalue weighted by molar-refractivity contribution is 1.11. The second-order valence-electron chi connectivity index (χ2n) is 4.53. The van der Waals surface area contributed by atoms with Gasteiger partial charge < -0.3 is 5.32 Å². The van der Waals surface area contributed by atoms with E-state index in [1.165, 1.54) is 10.8 Å². The molecule has 1 N–H and O–H groups in total. The third-order valence-corrected chi connectivity index (χ3v) is 3.12. The Morgan fingerprint density at radius 1 is 0.895 bits per heavy atom. The van der Waals surface area contributed by atoms with E-state index in [4.69, 9.17) is 0 Å². The van der Waals surface area contributed by atoms with Crippen molar-refractivity contribution in [2.45, 2.75) is 6.92 Å². The van der Waals surface area contributed by atoms with Gasteiger partial charge in [0.1, 0.15) is 5.82 Å². The summed E-state index contributed by atoms with van der Waals surface area (Å²) in [6.07, 6.45) is 0. The lowest BCUT2D eigenvalue weighted by Crippen LogP contribution is -1.98. The highest BCUT2D eigenvalue weighted by atomic mass is 15.0. The second-order valence-corrected chi connectivity index (χ2v) is 4.53. The van der Waals surface area contributed by atoms with Crippen LogP contribution in [0.5, 0.6) is 0 Å². The molecule has 0 saturated heterocycles. The highest BCUT2D eigenvalue weighted by molar-refractivity contribution is 5.86. The van der Waals surface area contributed by atoms with E-state index in [1.54, 1.807) is 0 Å². The van der Waals surface area contributed by atoms with Crippen molar-refractivity contribution in [1.82, 2.24) is 9.97 Å². The van der Waals surface area contributed by atoms with E-state index in [9.17, 15) is 0 Å². The molecule has 0 aliphatic rings. The number of nitrogens with one attached hydrogen (secondary N) is 1. The standard InChI is InChI=1S/C16H15N3/c1-11-9-15(17-2)19-16(18-11)14-8-7-12-5-3-4-6-13(12)10-14/h3-10H,1-2H3,(H,17,18,19). The third kappa shape index (κ3) is 2.27. The van der Waals surface area contributed by atoms with Gasteiger partial charge in [0.25, 0.3) is 0 Å². The summed E-state index contributed by atoms with van der Waals surface area (Å²) in [6.45, 7) is 1.98. The molecule has 0 saturated carbocycles. The molecule has 0 unspecified atom stereocenters. The molecular formula is C16H15N3. The van der Waals surface area contributed by atoms with Gasteiger partial charge in [-0.25, -0.2) is 9.97 Å². The van der Waals surface area contributed by atoms with Gasteiger partial charge in [-0.1, -0.05) is 36.4 Å². The number of hydrogen-bond acceptors (Lipinski definition) is 3. The van der Waals surface area contributed by atoms with Crippen molar-refractivity contribution in [1.29, 1.82) is 0 Å². The van der Waals surface area contributed by atoms with E-state index in [2.05, 4.69) is 45.6 Å². The zero-order chi connectivity index (χ0) is 13.2. The summed E-state index contributed by atoms with van der Waals surface area (Å²) in [5.74, 6) is 1.60. The summed E-state index contributed by atoms with van der Waals surface area (Å²) in [5.41, 5.74) is 2.00. The summed E-state index contributed by atoms with van der Waals surface area (Å²) >= 11 is 0. The number of fused-ring (bicyclic) bond motifs is 1. The van der Waals surface area contributed by atoms with E-state index in [1.807, 2.05) is 32.2 Å². The van der Waals surface area contributed by atoms with Crippen LogP contribution in [0.3, 0.4) is 0 Å². The lowest BCUT2D eigenvalue weighted by Gasteiger charge is -2.06. The Labute approximate surface area is 112 Å². The van der Waals surface area contributed by atoms with Crippen LogP contribution in [0.25, 0.3) is 22.2 Å². The van der Waals surface area contributed by atoms with E-state index < -0.39 is 0 Å². The number of rotatable bonds is 2. The van der Waals surface area contributed by atoms with E-state index in [0.29, 0.717) is 0 Å². The van der Waals surface area contributed by atoms with Gasteiger partial charge in [0.05, 0.1) is 0 Å². The van der Waals surface area contributed by atoms with Crippen LogP contribution >= 0.6 is 0 Å². The molecule has 3 rings (SSSR count). The number of benzene rings is 2. The van der Waals surface area contributed by atoms with Gasteiger partial charge in [0, 0.05) is 24.4 Å². The molecule has 94 valence electrons. The molecule has 0 fully saturated rings. The van der Waals surface area contributed by atoms with Gasteiger partial charge >= 0.3 is 0 Å². The maximum Gasteiger partial charge on any atom is 0.161 e. The van der Waals surface area contributed by atoms with Gasteiger partial charge in [-0.2, -0.15) is 0 Å². The molecule has 0 aliphatic heterocycles. The summed E-state index contributed by atoms with van der Waals surface area (Å²) < 4.78 is 0. The number of hydrogen-bond donors (Lipinski definition) is 1. The van der Waals surface area contributed by atoms with Crippen LogP contribution in [-0.4, -0.2) is 17.0 Å². The molecule has 0 aliphatic carbocycles. The molecule has 3 nitrogen and oxygen atoms in total. The molecule has 0 amide bonds. The Kier molecular flexibility index (Phi) is 2.88. The highest BCUT2D eigenvalue weighted by Gasteiger charge is 2.05. The minimum Gasteiger partial charge on any atom is -0.373 e. The van der Waals surface area contributed by atoms with Crippen LogP contribution in [0.2, 0.25) is 0 Å². The first-order chi connectivity index (χ1) is 9.26. The van der Waals surface area contributed by atoms with Crippen molar-refractivity contribution in [2.24, 2.45) is 0 Å². The topological polar surface area (TPSA) is 37.8 Å². The van der Waals surface area contributed by atoms with Gasteiger partial charge in [0.15, 0.2) is 5.82 Å². The summed E-state index contributed by atoms with van der Waals surface area (Å²) in [6, 6.07) is 16.5. The molecule has 19 heavy (non-hydrogen) atoms. The summed E-state index contributed by atoms with van der Waals surface area (Å²) in [5, 5.41) is 5.50. The largest absolute Gasteiger partial charge is 0.373 e. The first-order valence-corrected chi connectivity index (χ1v) is 6.29. The highest BCUT2D eigenvalue weighted by Crippen LogP contribution is 2.23. The minimum absolute atomic E-state index is 0.759. The summed E-state index contributed by atoms with van der Waals surface area (Å²) in [4.78, 5) is 9.01. The predicted octanol–water partition coefficient (Wildman–Crippen LogP) is 3.65. The zero-order valence-electron chi connectivity index (χ0n) is 11.0. The maximum atomic E-state index is 4.51. The number of anilines is 1. The molecule has 0 atom stereocenters. The monoisotopic (exact) mass is 249 g/mol. The number of aromatic nitrogens is 2. The molecule has 3 aromatic rings. The molecule has 3 heteroatoms. The normalized spacial score (nSPS) is 10.6. The first-order valence-electron chi connectivity index (χ1n) is 6.29. The van der Waals surface area contributed by atoms with Crippen LogP contribution in [0.4, 0.5) is 5.82 Å². The molecule has 1 heterocycles. The quantitative estimate of drug-likeness (QED) is 0.753. The fourth-order valence-corrected chi connectivity index (χ4v) is 2.15. The molecule has 2 aromatic carbocycles. The molecule has 0 spiro atoms. The zero-order valence-corrected chi connectivity index (χ0v) is 11.0. The van der Waals surface area contributed by atoms with E-state index in [-0.39, 0.29) is 0 Å². The lowest BCUT2D eigenvalue weighted by atomic mass is 10.1. The first kappa shape index (κ1) is 11.7. The average Bonchev–Trinajstić information content (AvgIpc) is 2.46. The van der Waals surface area contributed by atoms with Crippen LogP contribution < -0.4 is 5.32 Å². The van der Waals surface area contributed by atoms with Crippen LogP contribution in [0.1, 0.15) is 5.69 Å². The Balaban J connectivity index is 2.15. The third-order valence-electron chi connectivity index (χ3n) is 3.12. The molecular weight excluding hydrogens is 234 g/mol. The Morgan fingerprint density at radius 3 is 2.47 bits per heavy atom. The Bertz CT molecular complexity index is 735. The van der Waals surface area contributed by atoms with Gasteiger partial charge in [-0.3, -0.25) is 0 Å². The Morgan fingerprint density at radius 2 is 1.68 bits per heavy atom. The van der Waals surface area contributed by atoms with Gasteiger partial charge in [0.2, 0.25) is 0 Å². The smallest absolute Gasteiger partial charge is 0.161 e. The van der Waals surface area contributed by atoms with Gasteiger partial charge in [-0.15, -0.1) is 0 Å². The SMILES string of the molecule is CNc1cc(C)nc(-c2ccc3ccccc3c2)n1. The molecule has 1 aromatic heterocycles.